The molecule has 1 aromatic rings. The highest BCUT2D eigenvalue weighted by Gasteiger charge is 1.88. The van der Waals surface area contributed by atoms with Crippen LogP contribution in [0.25, 0.3) is 0 Å². The summed E-state index contributed by atoms with van der Waals surface area (Å²) in [6, 6.07) is 5.98. The Morgan fingerprint density at radius 3 is 2.54 bits per heavy atom. The summed E-state index contributed by atoms with van der Waals surface area (Å²) < 4.78 is 0. The first kappa shape index (κ1) is 12.1. The average molecular weight is 182 g/mol. The van der Waals surface area contributed by atoms with Crippen LogP contribution in [0.1, 0.15) is 27.4 Å². The molecule has 1 aromatic heterocycles. The third kappa shape index (κ3) is 7.47. The normalized spacial score (nSPS) is 8.85. The van der Waals surface area contributed by atoms with Crippen molar-refractivity contribution in [2.45, 2.75) is 26.7 Å². The summed E-state index contributed by atoms with van der Waals surface area (Å²) in [4.78, 5) is 4.18. The minimum absolute atomic E-state index is 0. The van der Waals surface area contributed by atoms with Crippen LogP contribution in [-0.4, -0.2) is 18.6 Å². The summed E-state index contributed by atoms with van der Waals surface area (Å²) in [5.41, 5.74) is 1.15. The van der Waals surface area contributed by atoms with Gasteiger partial charge in [0.05, 0.1) is 0 Å². The van der Waals surface area contributed by atoms with Crippen molar-refractivity contribution in [1.29, 1.82) is 0 Å². The molecule has 0 spiro atoms. The summed E-state index contributed by atoms with van der Waals surface area (Å²) in [7, 11) is 1.95. The summed E-state index contributed by atoms with van der Waals surface area (Å²) in [5.74, 6) is 0. The zero-order chi connectivity index (χ0) is 9.94. The Morgan fingerprint density at radius 1 is 1.38 bits per heavy atom. The van der Waals surface area contributed by atoms with Gasteiger partial charge in [-0.1, -0.05) is 26.3 Å². The van der Waals surface area contributed by atoms with E-state index in [0.717, 1.165) is 18.7 Å². The van der Waals surface area contributed by atoms with E-state index in [2.05, 4.69) is 24.1 Å². The molecule has 13 heavy (non-hydrogen) atoms. The van der Waals surface area contributed by atoms with Gasteiger partial charge in [0.15, 0.2) is 0 Å². The van der Waals surface area contributed by atoms with E-state index < -0.39 is 0 Å². The lowest BCUT2D eigenvalue weighted by molar-refractivity contribution is 0.776. The second-order valence-electron chi connectivity index (χ2n) is 2.88. The molecule has 0 radical (unpaired) electrons. The van der Waals surface area contributed by atoms with Crippen molar-refractivity contribution in [3.63, 3.8) is 0 Å². The third-order valence-electron chi connectivity index (χ3n) is 1.36. The van der Waals surface area contributed by atoms with E-state index in [1.165, 1.54) is 6.42 Å². The van der Waals surface area contributed by atoms with E-state index in [4.69, 9.17) is 0 Å². The van der Waals surface area contributed by atoms with Gasteiger partial charge in [0, 0.05) is 26.3 Å². The van der Waals surface area contributed by atoms with Gasteiger partial charge in [0.1, 0.15) is 0 Å². The first-order chi connectivity index (χ1) is 6.35. The molecule has 2 nitrogen and oxygen atoms in total. The van der Waals surface area contributed by atoms with E-state index in [-0.39, 0.29) is 1.43 Å². The smallest absolute Gasteiger partial charge is 0.0416 e. The summed E-state index contributed by atoms with van der Waals surface area (Å²) in [6.07, 6.45) is 4.09. The van der Waals surface area contributed by atoms with Crippen LogP contribution in [0.5, 0.6) is 0 Å². The van der Waals surface area contributed by atoms with E-state index in [0.29, 0.717) is 0 Å². The van der Waals surface area contributed by atoms with Crippen molar-refractivity contribution in [2.24, 2.45) is 0 Å². The topological polar surface area (TPSA) is 24.9 Å². The number of nitrogens with one attached hydrogen (secondary N) is 1. The SMILES string of the molecule is CCC.CNCCc1ccccn1.[HH]. The van der Waals surface area contributed by atoms with Crippen LogP contribution >= 0.6 is 0 Å². The summed E-state index contributed by atoms with van der Waals surface area (Å²) >= 11 is 0. The number of likely N-dealkylation sites (N-methyl/N-ethyl adjacent to an activating group) is 1. The predicted molar refractivity (Wildman–Crippen MR) is 59.9 cm³/mol. The number of pyridine rings is 1. The molecular formula is C11H22N2. The van der Waals surface area contributed by atoms with Crippen LogP contribution < -0.4 is 5.32 Å². The lowest BCUT2D eigenvalue weighted by Crippen LogP contribution is -2.10. The van der Waals surface area contributed by atoms with E-state index >= 15 is 0 Å². The molecule has 0 fully saturated rings. The highest BCUT2D eigenvalue weighted by molar-refractivity contribution is 5.03. The Labute approximate surface area is 82.9 Å². The number of hydrogen-bond donors (Lipinski definition) is 1. The Morgan fingerprint density at radius 2 is 2.08 bits per heavy atom. The van der Waals surface area contributed by atoms with Crippen LogP contribution in [0.2, 0.25) is 0 Å². The molecule has 0 aliphatic rings. The first-order valence-corrected chi connectivity index (χ1v) is 4.89. The average Bonchev–Trinajstić information content (AvgIpc) is 2.18. The third-order valence-corrected chi connectivity index (χ3v) is 1.36. The van der Waals surface area contributed by atoms with Crippen molar-refractivity contribution < 1.29 is 1.43 Å². The second kappa shape index (κ2) is 9.20. The largest absolute Gasteiger partial charge is 0.319 e. The summed E-state index contributed by atoms with van der Waals surface area (Å²) in [5, 5.41) is 3.08. The number of nitrogens with zero attached hydrogens (tertiary/aromatic N) is 1. The Kier molecular flexibility index (Phi) is 8.57. The number of rotatable bonds is 3. The molecule has 0 atom stereocenters. The van der Waals surface area contributed by atoms with Gasteiger partial charge in [-0.3, -0.25) is 4.98 Å². The molecule has 0 saturated heterocycles. The van der Waals surface area contributed by atoms with Crippen molar-refractivity contribution in [2.75, 3.05) is 13.6 Å². The number of hydrogen-bond acceptors (Lipinski definition) is 2. The molecule has 0 bridgehead atoms. The molecule has 0 saturated carbocycles. The van der Waals surface area contributed by atoms with Crippen LogP contribution in [0.3, 0.4) is 0 Å². The molecule has 0 aromatic carbocycles. The maximum absolute atomic E-state index is 4.18. The number of aromatic nitrogens is 1. The quantitative estimate of drug-likeness (QED) is 0.777. The molecule has 0 aliphatic carbocycles. The first-order valence-electron chi connectivity index (χ1n) is 4.89. The van der Waals surface area contributed by atoms with Crippen LogP contribution in [0, 0.1) is 0 Å². The fourth-order valence-corrected chi connectivity index (χ4v) is 0.799. The zero-order valence-corrected chi connectivity index (χ0v) is 8.88. The van der Waals surface area contributed by atoms with E-state index in [1.54, 1.807) is 0 Å². The molecule has 1 N–H and O–H groups in total. The van der Waals surface area contributed by atoms with Gasteiger partial charge in [0.25, 0.3) is 0 Å². The molecule has 76 valence electrons. The Balaban J connectivity index is 0. The zero-order valence-electron chi connectivity index (χ0n) is 8.88. The minimum atomic E-state index is 0. The van der Waals surface area contributed by atoms with Crippen LogP contribution in [0.15, 0.2) is 24.4 Å². The Bertz CT molecular complexity index is 190. The predicted octanol–water partition coefficient (Wildman–Crippen LogP) is 2.51. The van der Waals surface area contributed by atoms with Gasteiger partial charge < -0.3 is 5.32 Å². The van der Waals surface area contributed by atoms with Crippen molar-refractivity contribution in [3.8, 4) is 0 Å². The van der Waals surface area contributed by atoms with Gasteiger partial charge in [-0.2, -0.15) is 0 Å². The molecule has 0 amide bonds. The molecule has 0 unspecified atom stereocenters. The molecule has 1 heterocycles. The van der Waals surface area contributed by atoms with Gasteiger partial charge >= 0.3 is 0 Å². The highest BCUT2D eigenvalue weighted by atomic mass is 14.8. The molecule has 1 rings (SSSR count). The fourth-order valence-electron chi connectivity index (χ4n) is 0.799. The Hall–Kier alpha value is -0.890. The minimum Gasteiger partial charge on any atom is -0.319 e. The summed E-state index contributed by atoms with van der Waals surface area (Å²) in [6.45, 7) is 5.25. The monoisotopic (exact) mass is 182 g/mol. The van der Waals surface area contributed by atoms with E-state index in [1.807, 2.05) is 31.4 Å². The van der Waals surface area contributed by atoms with E-state index in [9.17, 15) is 0 Å². The second-order valence-corrected chi connectivity index (χ2v) is 2.88. The van der Waals surface area contributed by atoms with Crippen LogP contribution in [0.4, 0.5) is 0 Å². The lowest BCUT2D eigenvalue weighted by Gasteiger charge is -1.96. The van der Waals surface area contributed by atoms with Crippen molar-refractivity contribution >= 4 is 0 Å². The fraction of sp³-hybridized carbons (Fsp3) is 0.545. The van der Waals surface area contributed by atoms with Crippen LogP contribution in [-0.2, 0) is 6.42 Å². The van der Waals surface area contributed by atoms with Gasteiger partial charge in [-0.05, 0) is 19.2 Å². The lowest BCUT2D eigenvalue weighted by atomic mass is 10.3. The molecular weight excluding hydrogens is 160 g/mol. The van der Waals surface area contributed by atoms with Crippen molar-refractivity contribution in [1.82, 2.24) is 10.3 Å². The van der Waals surface area contributed by atoms with Crippen molar-refractivity contribution in [3.05, 3.63) is 30.1 Å². The maximum atomic E-state index is 4.18. The highest BCUT2D eigenvalue weighted by Crippen LogP contribution is 1.92. The van der Waals surface area contributed by atoms with Gasteiger partial charge in [0.2, 0.25) is 0 Å². The van der Waals surface area contributed by atoms with Gasteiger partial charge in [-0.15, -0.1) is 0 Å². The maximum Gasteiger partial charge on any atom is 0.0416 e. The molecule has 2 heteroatoms. The molecule has 0 aliphatic heterocycles. The standard InChI is InChI=1S/C8H12N2.C3H8.H2/c1-9-7-5-8-4-2-3-6-10-8;1-3-2;/h2-4,6,9H,5,7H2,1H3;3H2,1-2H3;1H. The van der Waals surface area contributed by atoms with Gasteiger partial charge in [-0.25, -0.2) is 0 Å².